The van der Waals surface area contributed by atoms with Crippen LogP contribution in [-0.2, 0) is 9.84 Å². The van der Waals surface area contributed by atoms with Crippen molar-refractivity contribution in [2.45, 2.75) is 10.1 Å². The third-order valence-electron chi connectivity index (χ3n) is 3.77. The van der Waals surface area contributed by atoms with Crippen LogP contribution in [0.5, 0.6) is 0 Å². The highest BCUT2D eigenvalue weighted by Crippen LogP contribution is 2.29. The van der Waals surface area contributed by atoms with E-state index in [1.165, 1.54) is 41.8 Å². The lowest BCUT2D eigenvalue weighted by molar-refractivity contribution is 0.0957. The zero-order valence-electron chi connectivity index (χ0n) is 13.5. The molecule has 0 saturated carbocycles. The molecule has 0 aliphatic rings. The van der Waals surface area contributed by atoms with Crippen molar-refractivity contribution < 1.29 is 13.2 Å². The Morgan fingerprint density at radius 3 is 2.54 bits per heavy atom. The fourth-order valence-corrected chi connectivity index (χ4v) is 4.85. The Balaban J connectivity index is 1.91. The number of aromatic nitrogens is 1. The highest BCUT2D eigenvalue weighted by atomic mass is 35.5. The quantitative estimate of drug-likeness (QED) is 0.676. The van der Waals surface area contributed by atoms with Gasteiger partial charge in [-0.3, -0.25) is 9.78 Å². The van der Waals surface area contributed by atoms with Gasteiger partial charge in [0.05, 0.1) is 9.77 Å². The molecular formula is C18H15ClN2O3S2. The Hall–Kier alpha value is -2.22. The lowest BCUT2D eigenvalue weighted by Crippen LogP contribution is -2.31. The first-order chi connectivity index (χ1) is 12.5. The van der Waals surface area contributed by atoms with Crippen molar-refractivity contribution in [3.05, 3.63) is 81.8 Å². The van der Waals surface area contributed by atoms with E-state index >= 15 is 0 Å². The second kappa shape index (κ2) is 7.99. The summed E-state index contributed by atoms with van der Waals surface area (Å²) >= 11 is 7.15. The van der Waals surface area contributed by atoms with Crippen molar-refractivity contribution in [2.24, 2.45) is 0 Å². The maximum atomic E-state index is 13.1. The first-order valence-electron chi connectivity index (χ1n) is 7.69. The summed E-state index contributed by atoms with van der Waals surface area (Å²) in [5.74, 6) is -0.305. The molecule has 1 atom stereocenters. The number of halogens is 1. The second-order valence-electron chi connectivity index (χ2n) is 5.46. The second-order valence-corrected chi connectivity index (χ2v) is 8.98. The van der Waals surface area contributed by atoms with E-state index in [1.54, 1.807) is 35.8 Å². The fraction of sp³-hybridized carbons (Fsp3) is 0.111. The summed E-state index contributed by atoms with van der Waals surface area (Å²) in [6.45, 7) is -0.0621. The van der Waals surface area contributed by atoms with Gasteiger partial charge in [-0.1, -0.05) is 23.7 Å². The van der Waals surface area contributed by atoms with E-state index in [2.05, 4.69) is 10.3 Å². The molecule has 0 fully saturated rings. The minimum atomic E-state index is -3.75. The number of rotatable bonds is 6. The molecule has 0 radical (unpaired) electrons. The van der Waals surface area contributed by atoms with Crippen molar-refractivity contribution >= 4 is 38.7 Å². The molecule has 26 heavy (non-hydrogen) atoms. The molecule has 1 aromatic carbocycles. The van der Waals surface area contributed by atoms with Crippen LogP contribution in [0.25, 0.3) is 0 Å². The standard InChI is InChI=1S/C18H15ClN2O3S2/c19-14-5-7-15(8-6-14)26(23,24)17(13-3-1-9-20-11-13)12-21-18(22)16-4-2-10-25-16/h1-11,17H,12H2,(H,21,22)/t17-/m1/s1. The molecule has 0 bridgehead atoms. The van der Waals surface area contributed by atoms with Gasteiger partial charge in [0, 0.05) is 24.0 Å². The molecule has 3 rings (SSSR count). The van der Waals surface area contributed by atoms with Gasteiger partial charge in [0.1, 0.15) is 5.25 Å². The van der Waals surface area contributed by atoms with Gasteiger partial charge in [0.2, 0.25) is 0 Å². The van der Waals surface area contributed by atoms with Gasteiger partial charge in [0.15, 0.2) is 9.84 Å². The molecule has 2 aromatic heterocycles. The van der Waals surface area contributed by atoms with E-state index in [0.29, 0.717) is 15.5 Å². The third kappa shape index (κ3) is 4.12. The first-order valence-corrected chi connectivity index (χ1v) is 10.5. The molecule has 134 valence electrons. The van der Waals surface area contributed by atoms with Crippen LogP contribution in [-0.4, -0.2) is 25.9 Å². The Morgan fingerprint density at radius 2 is 1.92 bits per heavy atom. The molecule has 0 saturated heterocycles. The summed E-state index contributed by atoms with van der Waals surface area (Å²) in [5, 5.41) is 3.99. The van der Waals surface area contributed by atoms with Crippen LogP contribution in [0, 0.1) is 0 Å². The van der Waals surface area contributed by atoms with E-state index in [9.17, 15) is 13.2 Å². The Kier molecular flexibility index (Phi) is 5.70. The fourth-order valence-electron chi connectivity index (χ4n) is 2.44. The predicted octanol–water partition coefficient (Wildman–Crippen LogP) is 3.74. The molecule has 2 heterocycles. The van der Waals surface area contributed by atoms with E-state index in [4.69, 9.17) is 11.6 Å². The Bertz CT molecular complexity index is 973. The number of hydrogen-bond donors (Lipinski definition) is 1. The third-order valence-corrected chi connectivity index (χ3v) is 7.00. The average Bonchev–Trinajstić information content (AvgIpc) is 3.17. The molecular weight excluding hydrogens is 392 g/mol. The number of hydrogen-bond acceptors (Lipinski definition) is 5. The zero-order valence-corrected chi connectivity index (χ0v) is 15.9. The summed E-state index contributed by atoms with van der Waals surface area (Å²) in [5.41, 5.74) is 0.508. The number of sulfone groups is 1. The smallest absolute Gasteiger partial charge is 0.261 e. The largest absolute Gasteiger partial charge is 0.350 e. The van der Waals surface area contributed by atoms with Crippen molar-refractivity contribution in [2.75, 3.05) is 6.54 Å². The van der Waals surface area contributed by atoms with Crippen molar-refractivity contribution in [1.82, 2.24) is 10.3 Å². The highest BCUT2D eigenvalue weighted by Gasteiger charge is 2.30. The number of amides is 1. The molecule has 0 spiro atoms. The van der Waals surface area contributed by atoms with Crippen LogP contribution < -0.4 is 5.32 Å². The maximum Gasteiger partial charge on any atom is 0.261 e. The highest BCUT2D eigenvalue weighted by molar-refractivity contribution is 7.91. The number of pyridine rings is 1. The number of nitrogens with zero attached hydrogens (tertiary/aromatic N) is 1. The summed E-state index contributed by atoms with van der Waals surface area (Å²) in [6.07, 6.45) is 3.06. The lowest BCUT2D eigenvalue weighted by Gasteiger charge is -2.18. The number of nitrogens with one attached hydrogen (secondary N) is 1. The molecule has 5 nitrogen and oxygen atoms in total. The molecule has 3 aromatic rings. The maximum absolute atomic E-state index is 13.1. The summed E-state index contributed by atoms with van der Waals surface area (Å²) < 4.78 is 26.2. The van der Waals surface area contributed by atoms with Crippen LogP contribution >= 0.6 is 22.9 Å². The summed E-state index contributed by atoms with van der Waals surface area (Å²) in [7, 11) is -3.75. The lowest BCUT2D eigenvalue weighted by atomic mass is 10.2. The van der Waals surface area contributed by atoms with Crippen molar-refractivity contribution in [3.8, 4) is 0 Å². The normalized spacial score (nSPS) is 12.5. The van der Waals surface area contributed by atoms with E-state index < -0.39 is 15.1 Å². The van der Waals surface area contributed by atoms with Crippen molar-refractivity contribution in [3.63, 3.8) is 0 Å². The molecule has 0 unspecified atom stereocenters. The van der Waals surface area contributed by atoms with Gasteiger partial charge in [-0.05, 0) is 47.3 Å². The van der Waals surface area contributed by atoms with Crippen LogP contribution in [0.2, 0.25) is 5.02 Å². The topological polar surface area (TPSA) is 76.1 Å². The molecule has 0 aliphatic carbocycles. The van der Waals surface area contributed by atoms with Crippen LogP contribution in [0.1, 0.15) is 20.5 Å². The van der Waals surface area contributed by atoms with E-state index in [0.717, 1.165) is 0 Å². The number of benzene rings is 1. The minimum Gasteiger partial charge on any atom is -0.350 e. The Labute approximate surface area is 160 Å². The average molecular weight is 407 g/mol. The van der Waals surface area contributed by atoms with E-state index in [1.807, 2.05) is 0 Å². The molecule has 8 heteroatoms. The van der Waals surface area contributed by atoms with E-state index in [-0.39, 0.29) is 17.3 Å². The summed E-state index contributed by atoms with van der Waals surface area (Å²) in [4.78, 5) is 16.9. The SMILES string of the molecule is O=C(NC[C@H](c1cccnc1)S(=O)(=O)c1ccc(Cl)cc1)c1cccs1. The van der Waals surface area contributed by atoms with Gasteiger partial charge < -0.3 is 5.32 Å². The van der Waals surface area contributed by atoms with Crippen LogP contribution in [0.4, 0.5) is 0 Å². The van der Waals surface area contributed by atoms with Crippen LogP contribution in [0.15, 0.2) is 71.2 Å². The number of carbonyl (C=O) groups excluding carboxylic acids is 1. The van der Waals surface area contributed by atoms with Gasteiger partial charge >= 0.3 is 0 Å². The zero-order chi connectivity index (χ0) is 18.6. The van der Waals surface area contributed by atoms with Crippen molar-refractivity contribution in [1.29, 1.82) is 0 Å². The van der Waals surface area contributed by atoms with Gasteiger partial charge in [-0.25, -0.2) is 8.42 Å². The molecule has 1 N–H and O–H groups in total. The number of thiophene rings is 1. The molecule has 1 amide bonds. The first kappa shape index (κ1) is 18.6. The van der Waals surface area contributed by atoms with Gasteiger partial charge in [0.25, 0.3) is 5.91 Å². The molecule has 0 aliphatic heterocycles. The minimum absolute atomic E-state index is 0.0621. The van der Waals surface area contributed by atoms with Gasteiger partial charge in [-0.15, -0.1) is 11.3 Å². The summed E-state index contributed by atoms with van der Waals surface area (Å²) in [6, 6.07) is 12.8. The monoisotopic (exact) mass is 406 g/mol. The van der Waals surface area contributed by atoms with Gasteiger partial charge in [-0.2, -0.15) is 0 Å². The predicted molar refractivity (Wildman–Crippen MR) is 102 cm³/mol. The Morgan fingerprint density at radius 1 is 1.15 bits per heavy atom. The number of carbonyl (C=O) groups is 1. The van der Waals surface area contributed by atoms with Crippen LogP contribution in [0.3, 0.4) is 0 Å².